The van der Waals surface area contributed by atoms with Crippen LogP contribution >= 0.6 is 15.9 Å². The number of halogens is 1. The van der Waals surface area contributed by atoms with Gasteiger partial charge in [0.2, 0.25) is 0 Å². The van der Waals surface area contributed by atoms with Crippen LogP contribution in [0, 0.1) is 0 Å². The van der Waals surface area contributed by atoms with Crippen molar-refractivity contribution in [3.63, 3.8) is 0 Å². The maximum absolute atomic E-state index is 10.4. The molecule has 0 spiro atoms. The molecule has 0 aliphatic heterocycles. The van der Waals surface area contributed by atoms with Crippen LogP contribution in [-0.2, 0) is 9.53 Å². The van der Waals surface area contributed by atoms with Crippen LogP contribution in [-0.4, -0.2) is 17.9 Å². The highest BCUT2D eigenvalue weighted by Gasteiger charge is 1.92. The number of allylic oxidation sites excluding steroid dienone is 2. The van der Waals surface area contributed by atoms with Crippen LogP contribution in [0.5, 0.6) is 0 Å². The van der Waals surface area contributed by atoms with E-state index in [1.807, 2.05) is 0 Å². The number of esters is 1. The van der Waals surface area contributed by atoms with Crippen molar-refractivity contribution < 1.29 is 9.53 Å². The predicted octanol–water partition coefficient (Wildman–Crippen LogP) is 3.84. The molecule has 0 aromatic rings. The quantitative estimate of drug-likeness (QED) is 0.277. The molecule has 0 aromatic heterocycles. The molecule has 0 saturated carbocycles. The van der Waals surface area contributed by atoms with Crippen LogP contribution in [0.25, 0.3) is 0 Å². The Morgan fingerprint density at radius 3 is 2.47 bits per heavy atom. The average molecular weight is 277 g/mol. The average Bonchev–Trinajstić information content (AvgIpc) is 2.20. The Labute approximate surface area is 101 Å². The van der Waals surface area contributed by atoms with E-state index in [0.29, 0.717) is 6.61 Å². The molecule has 0 atom stereocenters. The van der Waals surface area contributed by atoms with Gasteiger partial charge in [0, 0.05) is 12.3 Å². The minimum Gasteiger partial charge on any atom is -0.466 e. The topological polar surface area (TPSA) is 26.3 Å². The summed E-state index contributed by atoms with van der Waals surface area (Å²) < 4.78 is 4.84. The maximum Gasteiger partial charge on any atom is 0.302 e. The van der Waals surface area contributed by atoms with E-state index in [9.17, 15) is 4.79 Å². The van der Waals surface area contributed by atoms with Crippen LogP contribution in [0.15, 0.2) is 12.2 Å². The Bertz CT molecular complexity index is 178. The lowest BCUT2D eigenvalue weighted by molar-refractivity contribution is -0.141. The van der Waals surface area contributed by atoms with Gasteiger partial charge >= 0.3 is 5.97 Å². The van der Waals surface area contributed by atoms with Crippen LogP contribution in [0.2, 0.25) is 0 Å². The largest absolute Gasteiger partial charge is 0.466 e. The zero-order chi connectivity index (χ0) is 11.4. The molecule has 2 nitrogen and oxygen atoms in total. The zero-order valence-corrected chi connectivity index (χ0v) is 11.1. The first-order chi connectivity index (χ1) is 7.27. The zero-order valence-electron chi connectivity index (χ0n) is 9.51. The van der Waals surface area contributed by atoms with Crippen molar-refractivity contribution in [2.24, 2.45) is 0 Å². The number of ether oxygens (including phenoxy) is 1. The first-order valence-corrected chi connectivity index (χ1v) is 6.74. The fraction of sp³-hybridized carbons (Fsp3) is 0.750. The first-order valence-electron chi connectivity index (χ1n) is 5.61. The van der Waals surface area contributed by atoms with E-state index in [1.165, 1.54) is 26.2 Å². The number of carbonyl (C=O) groups excluding carboxylic acids is 1. The molecular weight excluding hydrogens is 256 g/mol. The van der Waals surface area contributed by atoms with Gasteiger partial charge in [-0.1, -0.05) is 40.9 Å². The molecule has 0 unspecified atom stereocenters. The van der Waals surface area contributed by atoms with Gasteiger partial charge in [-0.2, -0.15) is 0 Å². The number of unbranched alkanes of at least 4 members (excludes halogenated alkanes) is 4. The van der Waals surface area contributed by atoms with E-state index in [2.05, 4.69) is 28.1 Å². The Hall–Kier alpha value is -0.310. The van der Waals surface area contributed by atoms with Gasteiger partial charge in [-0.25, -0.2) is 0 Å². The van der Waals surface area contributed by atoms with Crippen LogP contribution < -0.4 is 0 Å². The summed E-state index contributed by atoms with van der Waals surface area (Å²) in [6.45, 7) is 2.03. The molecule has 0 heterocycles. The third kappa shape index (κ3) is 13.7. The Balaban J connectivity index is 3.01. The third-order valence-corrected chi connectivity index (χ3v) is 2.47. The number of hydrogen-bond donors (Lipinski definition) is 0. The van der Waals surface area contributed by atoms with Crippen LogP contribution in [0.3, 0.4) is 0 Å². The van der Waals surface area contributed by atoms with Crippen molar-refractivity contribution in [1.29, 1.82) is 0 Å². The molecule has 0 aromatic carbocycles. The van der Waals surface area contributed by atoms with Crippen molar-refractivity contribution in [3.05, 3.63) is 12.2 Å². The minimum absolute atomic E-state index is 0.173. The molecule has 3 heteroatoms. The number of alkyl halides is 1. The summed E-state index contributed by atoms with van der Waals surface area (Å²) in [5, 5.41) is 1.05. The summed E-state index contributed by atoms with van der Waals surface area (Å²) in [6.07, 6.45) is 11.3. The molecule has 0 aliphatic rings. The van der Waals surface area contributed by atoms with Crippen LogP contribution in [0.1, 0.15) is 45.4 Å². The smallest absolute Gasteiger partial charge is 0.302 e. The van der Waals surface area contributed by atoms with E-state index in [0.717, 1.165) is 24.6 Å². The van der Waals surface area contributed by atoms with Gasteiger partial charge in [-0.05, 0) is 25.7 Å². The molecule has 0 rings (SSSR count). The van der Waals surface area contributed by atoms with Gasteiger partial charge in [0.15, 0.2) is 0 Å². The molecule has 0 bridgehead atoms. The van der Waals surface area contributed by atoms with Gasteiger partial charge < -0.3 is 4.74 Å². The fourth-order valence-electron chi connectivity index (χ4n) is 1.23. The van der Waals surface area contributed by atoms with E-state index in [1.54, 1.807) is 0 Å². The summed E-state index contributed by atoms with van der Waals surface area (Å²) in [4.78, 5) is 10.4. The second kappa shape index (κ2) is 11.8. The molecule has 88 valence electrons. The Morgan fingerprint density at radius 1 is 1.13 bits per heavy atom. The van der Waals surface area contributed by atoms with E-state index in [-0.39, 0.29) is 5.97 Å². The summed E-state index contributed by atoms with van der Waals surface area (Å²) >= 11 is 3.38. The van der Waals surface area contributed by atoms with E-state index < -0.39 is 0 Å². The summed E-state index contributed by atoms with van der Waals surface area (Å²) in [7, 11) is 0. The normalized spacial score (nSPS) is 10.8. The molecular formula is C12H21BrO2. The van der Waals surface area contributed by atoms with Gasteiger partial charge in [-0.3, -0.25) is 4.79 Å². The summed E-state index contributed by atoms with van der Waals surface area (Å²) in [5.41, 5.74) is 0. The van der Waals surface area contributed by atoms with Crippen molar-refractivity contribution in [1.82, 2.24) is 0 Å². The third-order valence-electron chi connectivity index (χ3n) is 2.01. The van der Waals surface area contributed by atoms with E-state index in [4.69, 9.17) is 4.74 Å². The summed E-state index contributed by atoms with van der Waals surface area (Å²) in [6, 6.07) is 0. The molecule has 0 amide bonds. The highest BCUT2D eigenvalue weighted by Crippen LogP contribution is 2.04. The molecule has 0 saturated heterocycles. The van der Waals surface area contributed by atoms with Gasteiger partial charge in [0.1, 0.15) is 0 Å². The number of hydrogen-bond acceptors (Lipinski definition) is 2. The van der Waals surface area contributed by atoms with Gasteiger partial charge in [0.25, 0.3) is 0 Å². The standard InChI is InChI=1S/C12H21BrO2/c1-12(14)15-11-9-7-5-3-2-4-6-8-10-13/h4,6H,2-3,5,7-11H2,1H3. The second-order valence-corrected chi connectivity index (χ2v) is 4.28. The maximum atomic E-state index is 10.4. The molecule has 0 fully saturated rings. The highest BCUT2D eigenvalue weighted by atomic mass is 79.9. The minimum atomic E-state index is -0.173. The lowest BCUT2D eigenvalue weighted by Gasteiger charge is -2.00. The van der Waals surface area contributed by atoms with Crippen molar-refractivity contribution in [2.45, 2.75) is 45.4 Å². The predicted molar refractivity (Wildman–Crippen MR) is 67.3 cm³/mol. The Morgan fingerprint density at radius 2 is 1.80 bits per heavy atom. The molecule has 15 heavy (non-hydrogen) atoms. The van der Waals surface area contributed by atoms with Gasteiger partial charge in [-0.15, -0.1) is 0 Å². The lowest BCUT2D eigenvalue weighted by Crippen LogP contribution is -1.99. The molecule has 0 N–H and O–H groups in total. The number of rotatable bonds is 9. The van der Waals surface area contributed by atoms with Gasteiger partial charge in [0.05, 0.1) is 6.61 Å². The SMILES string of the molecule is CC(=O)OCCCCCCC=CCCBr. The summed E-state index contributed by atoms with van der Waals surface area (Å²) in [5.74, 6) is -0.173. The second-order valence-electron chi connectivity index (χ2n) is 3.49. The van der Waals surface area contributed by atoms with Crippen molar-refractivity contribution in [2.75, 3.05) is 11.9 Å². The molecule has 0 radical (unpaired) electrons. The first kappa shape index (κ1) is 14.7. The van der Waals surface area contributed by atoms with Crippen molar-refractivity contribution in [3.8, 4) is 0 Å². The highest BCUT2D eigenvalue weighted by molar-refractivity contribution is 9.09. The lowest BCUT2D eigenvalue weighted by atomic mass is 10.1. The van der Waals surface area contributed by atoms with Crippen molar-refractivity contribution >= 4 is 21.9 Å². The monoisotopic (exact) mass is 276 g/mol. The fourth-order valence-corrected chi connectivity index (χ4v) is 1.50. The van der Waals surface area contributed by atoms with E-state index >= 15 is 0 Å². The van der Waals surface area contributed by atoms with Crippen LogP contribution in [0.4, 0.5) is 0 Å². The molecule has 0 aliphatic carbocycles. The number of carbonyl (C=O) groups is 1. The Kier molecular flexibility index (Phi) is 11.5.